The molecule has 0 amide bonds. The third kappa shape index (κ3) is 6.33. The molecule has 0 saturated carbocycles. The van der Waals surface area contributed by atoms with E-state index < -0.39 is 0 Å². The van der Waals surface area contributed by atoms with Gasteiger partial charge in [0.2, 0.25) is 0 Å². The fourth-order valence-corrected chi connectivity index (χ4v) is 8.62. The fourth-order valence-electron chi connectivity index (χ4n) is 7.50. The smallest absolute Gasteiger partial charge is 0.158 e. The van der Waals surface area contributed by atoms with Crippen molar-refractivity contribution in [2.45, 2.75) is 6.54 Å². The maximum absolute atomic E-state index is 6.44. The largest absolute Gasteiger partial charge is 0.455 e. The summed E-state index contributed by atoms with van der Waals surface area (Å²) in [6.07, 6.45) is 1.98. The molecular weight excluding hydrogens is 689 g/mol. The molecule has 0 spiro atoms. The van der Waals surface area contributed by atoms with Crippen molar-refractivity contribution < 1.29 is 4.42 Å². The van der Waals surface area contributed by atoms with Crippen molar-refractivity contribution in [3.63, 3.8) is 0 Å². The maximum Gasteiger partial charge on any atom is 0.158 e. The Morgan fingerprint density at radius 1 is 0.491 bits per heavy atom. The first kappa shape index (κ1) is 32.7. The van der Waals surface area contributed by atoms with Crippen LogP contribution in [0.25, 0.3) is 75.5 Å². The van der Waals surface area contributed by atoms with Gasteiger partial charge in [-0.15, -0.1) is 11.3 Å². The van der Waals surface area contributed by atoms with E-state index in [1.165, 1.54) is 53.6 Å². The van der Waals surface area contributed by atoms with Gasteiger partial charge in [-0.1, -0.05) is 152 Å². The molecule has 0 aliphatic rings. The maximum atomic E-state index is 6.44. The number of furan rings is 1. The normalized spacial score (nSPS) is 12.1. The lowest BCUT2D eigenvalue weighted by Gasteiger charge is -2.08. The molecule has 2 aromatic heterocycles. The monoisotopic (exact) mass is 722 g/mol. The van der Waals surface area contributed by atoms with Crippen LogP contribution in [0, 0.1) is 0 Å². The van der Waals surface area contributed by atoms with Crippen LogP contribution >= 0.6 is 11.3 Å². The highest BCUT2D eigenvalue weighted by atomic mass is 32.1. The molecule has 260 valence electrons. The molecule has 3 nitrogen and oxygen atoms in total. The van der Waals surface area contributed by atoms with Gasteiger partial charge >= 0.3 is 0 Å². The average molecular weight is 723 g/mol. The van der Waals surface area contributed by atoms with Crippen LogP contribution in [-0.2, 0) is 6.54 Å². The third-order valence-corrected chi connectivity index (χ3v) is 11.4. The molecular formula is C51H34N2OS. The van der Waals surface area contributed by atoms with E-state index in [-0.39, 0.29) is 0 Å². The molecule has 0 aliphatic carbocycles. The molecule has 0 saturated heterocycles. The van der Waals surface area contributed by atoms with Gasteiger partial charge in [-0.2, -0.15) is 0 Å². The van der Waals surface area contributed by atoms with Gasteiger partial charge in [0.25, 0.3) is 0 Å². The molecule has 2 heterocycles. The van der Waals surface area contributed by atoms with Crippen LogP contribution in [0.4, 0.5) is 0 Å². The van der Waals surface area contributed by atoms with Crippen molar-refractivity contribution >= 4 is 65.5 Å². The number of benzene rings is 8. The minimum Gasteiger partial charge on any atom is -0.455 e. The van der Waals surface area contributed by atoms with Crippen LogP contribution in [0.2, 0.25) is 0 Å². The topological polar surface area (TPSA) is 37.9 Å². The molecule has 10 aromatic rings. The zero-order valence-corrected chi connectivity index (χ0v) is 30.7. The highest BCUT2D eigenvalue weighted by molar-refractivity contribution is 7.25. The molecule has 0 N–H and O–H groups in total. The highest BCUT2D eigenvalue weighted by Crippen LogP contribution is 2.39. The molecule has 8 aromatic carbocycles. The summed E-state index contributed by atoms with van der Waals surface area (Å²) in [5.41, 5.74) is 11.9. The van der Waals surface area contributed by atoms with E-state index >= 15 is 0 Å². The molecule has 0 unspecified atom stereocenters. The van der Waals surface area contributed by atoms with Crippen LogP contribution < -0.4 is 0 Å². The van der Waals surface area contributed by atoms with Crippen LogP contribution in [0.5, 0.6) is 0 Å². The van der Waals surface area contributed by atoms with Crippen molar-refractivity contribution in [3.05, 3.63) is 205 Å². The van der Waals surface area contributed by atoms with E-state index in [0.717, 1.165) is 38.6 Å². The molecule has 0 bridgehead atoms. The number of para-hydroxylation sites is 2. The Bertz CT molecular complexity index is 3050. The Kier molecular flexibility index (Phi) is 8.43. The van der Waals surface area contributed by atoms with E-state index in [4.69, 9.17) is 14.4 Å². The summed E-state index contributed by atoms with van der Waals surface area (Å²) in [4.78, 5) is 10.2. The number of thiophene rings is 1. The second-order valence-electron chi connectivity index (χ2n) is 13.7. The number of amidine groups is 1. The lowest BCUT2D eigenvalue weighted by atomic mass is 9.96. The van der Waals surface area contributed by atoms with Crippen LogP contribution in [0.1, 0.15) is 16.7 Å². The second-order valence-corrected chi connectivity index (χ2v) is 14.8. The molecule has 0 aliphatic heterocycles. The van der Waals surface area contributed by atoms with Gasteiger partial charge in [-0.3, -0.25) is 4.99 Å². The van der Waals surface area contributed by atoms with Gasteiger partial charge in [0.1, 0.15) is 11.2 Å². The molecule has 0 fully saturated rings. The summed E-state index contributed by atoms with van der Waals surface area (Å²) in [5.74, 6) is 0.639. The second kappa shape index (κ2) is 14.2. The number of aliphatic imine (C=N–C) groups is 2. The quantitative estimate of drug-likeness (QED) is 0.119. The summed E-state index contributed by atoms with van der Waals surface area (Å²) in [5, 5.41) is 4.57. The van der Waals surface area contributed by atoms with Crippen molar-refractivity contribution in [3.8, 4) is 33.4 Å². The van der Waals surface area contributed by atoms with Crippen molar-refractivity contribution in [1.82, 2.24) is 0 Å². The minimum absolute atomic E-state index is 0.510. The molecule has 10 rings (SSSR count). The Morgan fingerprint density at radius 3 is 1.91 bits per heavy atom. The SMILES string of the molecule is C(=NC(=NCc1ccccc1)c1cccc2c1oc1ccccc12)c1cccc2sc3ccc(-c4ccc(-c5cccc(-c6ccccc6)c5)cc4)cc3c12. The van der Waals surface area contributed by atoms with Crippen LogP contribution in [0.3, 0.4) is 0 Å². The highest BCUT2D eigenvalue weighted by Gasteiger charge is 2.15. The summed E-state index contributed by atoms with van der Waals surface area (Å²) in [6, 6.07) is 66.2. The van der Waals surface area contributed by atoms with Crippen molar-refractivity contribution in [2.24, 2.45) is 9.98 Å². The van der Waals surface area contributed by atoms with Crippen molar-refractivity contribution in [2.75, 3.05) is 0 Å². The lowest BCUT2D eigenvalue weighted by molar-refractivity contribution is 0.668. The van der Waals surface area contributed by atoms with Gasteiger partial charge in [0.05, 0.1) is 12.1 Å². The number of fused-ring (bicyclic) bond motifs is 6. The lowest BCUT2D eigenvalue weighted by Crippen LogP contribution is -2.00. The Morgan fingerprint density at radius 2 is 1.11 bits per heavy atom. The van der Waals surface area contributed by atoms with Gasteiger partial charge in [-0.25, -0.2) is 4.99 Å². The molecule has 55 heavy (non-hydrogen) atoms. The number of hydrogen-bond donors (Lipinski definition) is 0. The van der Waals surface area contributed by atoms with E-state index in [2.05, 4.69) is 152 Å². The number of rotatable bonds is 7. The third-order valence-electron chi connectivity index (χ3n) is 10.3. The first-order chi connectivity index (χ1) is 27.2. The van der Waals surface area contributed by atoms with Crippen LogP contribution in [0.15, 0.2) is 202 Å². The van der Waals surface area contributed by atoms with Gasteiger partial charge < -0.3 is 4.42 Å². The summed E-state index contributed by atoms with van der Waals surface area (Å²) >= 11 is 1.81. The summed E-state index contributed by atoms with van der Waals surface area (Å²) < 4.78 is 8.92. The molecule has 0 atom stereocenters. The first-order valence-corrected chi connectivity index (χ1v) is 19.3. The molecule has 0 radical (unpaired) electrons. The first-order valence-electron chi connectivity index (χ1n) is 18.5. The molecule has 4 heteroatoms. The Balaban J connectivity index is 1.02. The zero-order chi connectivity index (χ0) is 36.6. The predicted octanol–water partition coefficient (Wildman–Crippen LogP) is 14.0. The van der Waals surface area contributed by atoms with Crippen molar-refractivity contribution in [1.29, 1.82) is 0 Å². The van der Waals surface area contributed by atoms with E-state index in [9.17, 15) is 0 Å². The van der Waals surface area contributed by atoms with Gasteiger partial charge in [-0.05, 0) is 75.3 Å². The fraction of sp³-hybridized carbons (Fsp3) is 0.0196. The van der Waals surface area contributed by atoms with E-state index in [1.54, 1.807) is 0 Å². The van der Waals surface area contributed by atoms with E-state index in [0.29, 0.717) is 12.4 Å². The standard InChI is InChI=1S/C51H34N2OS/c1-3-12-34(13-4-1)32-52-51(44-21-11-20-43-42-19-7-8-22-46(42)54-50(43)44)53-33-41-18-10-23-48-49(41)45-31-40(28-29-47(45)55-48)37-26-24-36(25-27-37)39-17-9-16-38(30-39)35-14-5-2-6-15-35/h1-31,33H,32H2. The average Bonchev–Trinajstić information content (AvgIpc) is 3.83. The minimum atomic E-state index is 0.510. The predicted molar refractivity (Wildman–Crippen MR) is 234 cm³/mol. The number of hydrogen-bond acceptors (Lipinski definition) is 3. The zero-order valence-electron chi connectivity index (χ0n) is 29.9. The number of nitrogens with zero attached hydrogens (tertiary/aromatic N) is 2. The Hall–Kier alpha value is -6.88. The van der Waals surface area contributed by atoms with E-state index in [1.807, 2.05) is 53.9 Å². The van der Waals surface area contributed by atoms with Crippen LogP contribution in [-0.4, -0.2) is 12.1 Å². The van der Waals surface area contributed by atoms with Gasteiger partial charge in [0, 0.05) is 42.7 Å². The summed E-state index contributed by atoms with van der Waals surface area (Å²) in [7, 11) is 0. The Labute approximate surface area is 323 Å². The van der Waals surface area contributed by atoms with Gasteiger partial charge in [0.15, 0.2) is 5.84 Å². The summed E-state index contributed by atoms with van der Waals surface area (Å²) in [6.45, 7) is 0.510.